The SMILES string of the molecule is O=[N+]([O-])c1ccccc1S[C@@H]1C[C@H]2[C@H](c3cc(Cl)cc(Cl)c3N[C@H]2c2ccccc2Cl)[C@H]1Cl. The van der Waals surface area contributed by atoms with Gasteiger partial charge in [0.1, 0.15) is 0 Å². The predicted octanol–water partition coefficient (Wildman–Crippen LogP) is 8.59. The summed E-state index contributed by atoms with van der Waals surface area (Å²) in [5, 5.41) is 16.6. The number of nitrogens with zero attached hydrogens (tertiary/aromatic N) is 1. The summed E-state index contributed by atoms with van der Waals surface area (Å²) in [6.45, 7) is 0. The van der Waals surface area contributed by atoms with Crippen molar-refractivity contribution in [1.29, 1.82) is 0 Å². The average Bonchev–Trinajstić information content (AvgIpc) is 3.10. The van der Waals surface area contributed by atoms with Crippen LogP contribution in [0.1, 0.15) is 29.5 Å². The van der Waals surface area contributed by atoms with E-state index in [0.29, 0.717) is 20.0 Å². The molecule has 3 aromatic carbocycles. The van der Waals surface area contributed by atoms with Crippen LogP contribution in [0.5, 0.6) is 0 Å². The van der Waals surface area contributed by atoms with E-state index < -0.39 is 0 Å². The van der Waals surface area contributed by atoms with Gasteiger partial charge in [-0.15, -0.1) is 23.4 Å². The normalized spacial score (nSPS) is 25.8. The molecule has 2 aliphatic rings. The number of nitrogens with one attached hydrogen (secondary N) is 1. The van der Waals surface area contributed by atoms with Crippen molar-refractivity contribution >= 4 is 69.5 Å². The Morgan fingerprint density at radius 1 is 0.970 bits per heavy atom. The zero-order valence-corrected chi connectivity index (χ0v) is 20.9. The Balaban J connectivity index is 1.58. The van der Waals surface area contributed by atoms with E-state index in [1.807, 2.05) is 36.4 Å². The van der Waals surface area contributed by atoms with Crippen molar-refractivity contribution in [3.05, 3.63) is 97.0 Å². The standard InChI is InChI=1S/C24H18Cl4N2O2S/c25-12-9-14-21-15(11-20(22(21)28)33-19-8-4-3-7-18(19)30(31)32)23(29-24(14)17(27)10-12)13-5-1-2-6-16(13)26/h1-10,15,20-23,29H,11H2/t15-,20+,21-,22-,23-/m0/s1. The Labute approximate surface area is 215 Å². The number of benzene rings is 3. The first-order valence-electron chi connectivity index (χ1n) is 10.4. The van der Waals surface area contributed by atoms with Crippen LogP contribution in [-0.4, -0.2) is 15.6 Å². The van der Waals surface area contributed by atoms with Gasteiger partial charge in [-0.2, -0.15) is 0 Å². The third-order valence-electron chi connectivity index (χ3n) is 6.42. The highest BCUT2D eigenvalue weighted by molar-refractivity contribution is 8.00. The Kier molecular flexibility index (Phi) is 6.45. The molecule has 0 saturated heterocycles. The monoisotopic (exact) mass is 538 g/mol. The maximum atomic E-state index is 11.5. The third-order valence-corrected chi connectivity index (χ3v) is 9.39. The van der Waals surface area contributed by atoms with Crippen molar-refractivity contribution in [2.75, 3.05) is 5.32 Å². The number of halogens is 4. The molecule has 4 nitrogen and oxygen atoms in total. The minimum absolute atomic E-state index is 0.0411. The molecule has 5 rings (SSSR count). The maximum Gasteiger partial charge on any atom is 0.282 e. The largest absolute Gasteiger partial charge is 0.376 e. The number of alkyl halides is 1. The summed E-state index contributed by atoms with van der Waals surface area (Å²) in [5.74, 6) is 0.0651. The second-order valence-corrected chi connectivity index (χ2v) is 11.3. The molecule has 0 aromatic heterocycles. The van der Waals surface area contributed by atoms with Crippen molar-refractivity contribution in [1.82, 2.24) is 0 Å². The van der Waals surface area contributed by atoms with Crippen LogP contribution in [0.15, 0.2) is 65.6 Å². The molecule has 0 amide bonds. The van der Waals surface area contributed by atoms with Gasteiger partial charge in [-0.1, -0.05) is 65.1 Å². The molecule has 1 N–H and O–H groups in total. The first-order valence-corrected chi connectivity index (χ1v) is 12.8. The zero-order chi connectivity index (χ0) is 23.3. The number of thioether (sulfide) groups is 1. The summed E-state index contributed by atoms with van der Waals surface area (Å²) >= 11 is 28.1. The van der Waals surface area contributed by atoms with Gasteiger partial charge >= 0.3 is 0 Å². The van der Waals surface area contributed by atoms with Crippen LogP contribution in [-0.2, 0) is 0 Å². The fourth-order valence-electron chi connectivity index (χ4n) is 5.05. The Morgan fingerprint density at radius 2 is 1.70 bits per heavy atom. The molecule has 5 atom stereocenters. The molecular weight excluding hydrogens is 522 g/mol. The second-order valence-electron chi connectivity index (χ2n) is 8.25. The average molecular weight is 540 g/mol. The van der Waals surface area contributed by atoms with Crippen molar-refractivity contribution in [3.8, 4) is 0 Å². The molecule has 0 bridgehead atoms. The van der Waals surface area contributed by atoms with Gasteiger partial charge in [0, 0.05) is 27.3 Å². The number of nitro groups is 1. The van der Waals surface area contributed by atoms with Gasteiger partial charge in [-0.05, 0) is 47.7 Å². The number of nitro benzene ring substituents is 1. The maximum absolute atomic E-state index is 11.5. The molecule has 1 fully saturated rings. The molecule has 1 aliphatic carbocycles. The van der Waals surface area contributed by atoms with Crippen molar-refractivity contribution in [2.45, 2.75) is 33.9 Å². The van der Waals surface area contributed by atoms with E-state index in [0.717, 1.165) is 23.2 Å². The van der Waals surface area contributed by atoms with Crippen LogP contribution >= 0.6 is 58.2 Å². The van der Waals surface area contributed by atoms with Crippen LogP contribution in [0.2, 0.25) is 15.1 Å². The first kappa shape index (κ1) is 23.1. The van der Waals surface area contributed by atoms with Crippen molar-refractivity contribution in [3.63, 3.8) is 0 Å². The molecular formula is C24H18Cl4N2O2S. The molecule has 170 valence electrons. The highest BCUT2D eigenvalue weighted by atomic mass is 35.5. The van der Waals surface area contributed by atoms with Gasteiger partial charge in [0.25, 0.3) is 5.69 Å². The Morgan fingerprint density at radius 3 is 2.45 bits per heavy atom. The van der Waals surface area contributed by atoms with Gasteiger partial charge < -0.3 is 5.32 Å². The summed E-state index contributed by atoms with van der Waals surface area (Å²) in [6.07, 6.45) is 0.752. The zero-order valence-electron chi connectivity index (χ0n) is 17.1. The number of para-hydroxylation sites is 1. The fraction of sp³-hybridized carbons (Fsp3) is 0.250. The fourth-order valence-corrected chi connectivity index (χ4v) is 7.81. The van der Waals surface area contributed by atoms with E-state index in [4.69, 9.17) is 46.4 Å². The van der Waals surface area contributed by atoms with Crippen LogP contribution < -0.4 is 5.32 Å². The first-order chi connectivity index (χ1) is 15.8. The van der Waals surface area contributed by atoms with Crippen molar-refractivity contribution < 1.29 is 4.92 Å². The molecule has 1 saturated carbocycles. The summed E-state index contributed by atoms with van der Waals surface area (Å²) < 4.78 is 0. The topological polar surface area (TPSA) is 55.2 Å². The highest BCUT2D eigenvalue weighted by Crippen LogP contribution is 2.59. The minimum atomic E-state index is -0.351. The van der Waals surface area contributed by atoms with E-state index in [1.54, 1.807) is 18.2 Å². The highest BCUT2D eigenvalue weighted by Gasteiger charge is 2.51. The molecule has 33 heavy (non-hydrogen) atoms. The van der Waals surface area contributed by atoms with Gasteiger partial charge in [0.15, 0.2) is 0 Å². The number of hydrogen-bond donors (Lipinski definition) is 1. The minimum Gasteiger partial charge on any atom is -0.376 e. The predicted molar refractivity (Wildman–Crippen MR) is 138 cm³/mol. The van der Waals surface area contributed by atoms with E-state index in [-0.39, 0.29) is 39.1 Å². The van der Waals surface area contributed by atoms with Crippen molar-refractivity contribution in [2.24, 2.45) is 5.92 Å². The quantitative estimate of drug-likeness (QED) is 0.205. The van der Waals surface area contributed by atoms with E-state index >= 15 is 0 Å². The van der Waals surface area contributed by atoms with Crippen LogP contribution in [0.3, 0.4) is 0 Å². The third kappa shape index (κ3) is 4.19. The van der Waals surface area contributed by atoms with Crippen LogP contribution in [0.4, 0.5) is 11.4 Å². The number of anilines is 1. The van der Waals surface area contributed by atoms with E-state index in [9.17, 15) is 10.1 Å². The lowest BCUT2D eigenvalue weighted by Crippen LogP contribution is -2.31. The number of rotatable bonds is 4. The molecule has 1 heterocycles. The molecule has 0 unspecified atom stereocenters. The van der Waals surface area contributed by atoms with Gasteiger partial charge in [0.2, 0.25) is 0 Å². The Hall–Kier alpha value is -1.63. The molecule has 9 heteroatoms. The van der Waals surface area contributed by atoms with Crippen LogP contribution in [0.25, 0.3) is 0 Å². The Bertz CT molecular complexity index is 1240. The molecule has 0 radical (unpaired) electrons. The summed E-state index contributed by atoms with van der Waals surface area (Å²) in [4.78, 5) is 11.8. The lowest BCUT2D eigenvalue weighted by Gasteiger charge is -2.39. The van der Waals surface area contributed by atoms with E-state index in [1.165, 1.54) is 17.8 Å². The van der Waals surface area contributed by atoms with E-state index in [2.05, 4.69) is 5.32 Å². The number of hydrogen-bond acceptors (Lipinski definition) is 4. The smallest absolute Gasteiger partial charge is 0.282 e. The lowest BCUT2D eigenvalue weighted by molar-refractivity contribution is -0.387. The second kappa shape index (κ2) is 9.20. The summed E-state index contributed by atoms with van der Waals surface area (Å²) in [5.41, 5.74) is 2.86. The van der Waals surface area contributed by atoms with Gasteiger partial charge in [-0.25, -0.2) is 0 Å². The summed E-state index contributed by atoms with van der Waals surface area (Å²) in [7, 11) is 0. The van der Waals surface area contributed by atoms with Gasteiger partial charge in [-0.3, -0.25) is 10.1 Å². The molecule has 0 spiro atoms. The molecule has 1 aliphatic heterocycles. The summed E-state index contributed by atoms with van der Waals surface area (Å²) in [6, 6.07) is 18.1. The van der Waals surface area contributed by atoms with Crippen LogP contribution in [0, 0.1) is 16.0 Å². The lowest BCUT2D eigenvalue weighted by atomic mass is 9.77. The number of fused-ring (bicyclic) bond motifs is 3. The van der Waals surface area contributed by atoms with Gasteiger partial charge in [0.05, 0.1) is 31.9 Å². The molecule has 3 aromatic rings.